The minimum Gasteiger partial charge on any atom is -0.321 e. The molecule has 0 spiro atoms. The zero-order valence-corrected chi connectivity index (χ0v) is 12.3. The molecule has 1 nitrogen and oxygen atoms in total. The maximum Gasteiger partial charge on any atom is 0.0412 e. The molecular formula is C17H27N. The van der Waals surface area contributed by atoms with Crippen LogP contribution in [0.5, 0.6) is 0 Å². The van der Waals surface area contributed by atoms with E-state index in [1.165, 1.54) is 29.5 Å². The van der Waals surface area contributed by atoms with E-state index in [2.05, 4.69) is 45.9 Å². The van der Waals surface area contributed by atoms with Crippen LogP contribution in [0, 0.1) is 0 Å². The molecular weight excluding hydrogens is 218 g/mol. The van der Waals surface area contributed by atoms with Crippen molar-refractivity contribution in [3.63, 3.8) is 0 Å². The number of rotatable bonds is 3. The van der Waals surface area contributed by atoms with Crippen LogP contribution in [0.3, 0.4) is 0 Å². The first-order valence-electron chi connectivity index (χ1n) is 7.37. The van der Waals surface area contributed by atoms with Crippen molar-refractivity contribution in [3.8, 4) is 0 Å². The number of hydrogen-bond donors (Lipinski definition) is 1. The fraction of sp³-hybridized carbons (Fsp3) is 0.647. The maximum atomic E-state index is 6.69. The monoisotopic (exact) mass is 245 g/mol. The minimum atomic E-state index is -0.0650. The van der Waals surface area contributed by atoms with Crippen molar-refractivity contribution < 1.29 is 0 Å². The van der Waals surface area contributed by atoms with Crippen molar-refractivity contribution in [2.24, 2.45) is 5.73 Å². The van der Waals surface area contributed by atoms with E-state index >= 15 is 0 Å². The summed E-state index contributed by atoms with van der Waals surface area (Å²) < 4.78 is 0. The first-order valence-corrected chi connectivity index (χ1v) is 7.37. The van der Waals surface area contributed by atoms with Crippen LogP contribution in [-0.2, 0) is 5.54 Å². The maximum absolute atomic E-state index is 6.69. The van der Waals surface area contributed by atoms with Gasteiger partial charge in [-0.2, -0.15) is 0 Å². The van der Waals surface area contributed by atoms with Gasteiger partial charge in [-0.1, -0.05) is 58.7 Å². The molecule has 1 aliphatic carbocycles. The number of hydrogen-bond acceptors (Lipinski definition) is 1. The Kier molecular flexibility index (Phi) is 3.82. The van der Waals surface area contributed by atoms with Crippen LogP contribution in [0.2, 0.25) is 0 Å². The number of nitrogens with two attached hydrogens (primary N) is 1. The highest BCUT2D eigenvalue weighted by Crippen LogP contribution is 2.40. The average molecular weight is 245 g/mol. The molecule has 1 aromatic rings. The Balaban J connectivity index is 2.50. The minimum absolute atomic E-state index is 0.0650. The highest BCUT2D eigenvalue weighted by atomic mass is 14.8. The Morgan fingerprint density at radius 1 is 1.00 bits per heavy atom. The van der Waals surface area contributed by atoms with Crippen LogP contribution in [0.15, 0.2) is 18.2 Å². The quantitative estimate of drug-likeness (QED) is 0.823. The first kappa shape index (κ1) is 13.6. The predicted molar refractivity (Wildman–Crippen MR) is 79.0 cm³/mol. The molecule has 0 unspecified atom stereocenters. The van der Waals surface area contributed by atoms with Gasteiger partial charge < -0.3 is 5.73 Å². The van der Waals surface area contributed by atoms with Crippen molar-refractivity contribution in [1.29, 1.82) is 0 Å². The lowest BCUT2D eigenvalue weighted by Gasteiger charge is -2.29. The highest BCUT2D eigenvalue weighted by Gasteiger charge is 2.33. The Morgan fingerprint density at radius 2 is 1.61 bits per heavy atom. The van der Waals surface area contributed by atoms with E-state index in [1.807, 2.05) is 0 Å². The molecule has 18 heavy (non-hydrogen) atoms. The SMILES string of the molecule is CC(C)c1ccc(C(C)C)c(C2(N)CCCC2)c1. The Morgan fingerprint density at radius 3 is 2.11 bits per heavy atom. The summed E-state index contributed by atoms with van der Waals surface area (Å²) in [5.74, 6) is 1.14. The van der Waals surface area contributed by atoms with Crippen LogP contribution < -0.4 is 5.73 Å². The zero-order chi connectivity index (χ0) is 13.3. The summed E-state index contributed by atoms with van der Waals surface area (Å²) >= 11 is 0. The third-order valence-corrected chi connectivity index (χ3v) is 4.40. The van der Waals surface area contributed by atoms with Gasteiger partial charge in [0.2, 0.25) is 0 Å². The van der Waals surface area contributed by atoms with E-state index in [0.29, 0.717) is 11.8 Å². The lowest BCUT2D eigenvalue weighted by Crippen LogP contribution is -2.34. The number of benzene rings is 1. The fourth-order valence-electron chi connectivity index (χ4n) is 3.14. The summed E-state index contributed by atoms with van der Waals surface area (Å²) in [6.07, 6.45) is 4.85. The largest absolute Gasteiger partial charge is 0.321 e. The molecule has 0 aromatic heterocycles. The molecule has 100 valence electrons. The lowest BCUT2D eigenvalue weighted by molar-refractivity contribution is 0.454. The third-order valence-electron chi connectivity index (χ3n) is 4.40. The van der Waals surface area contributed by atoms with E-state index in [1.54, 1.807) is 0 Å². The molecule has 2 N–H and O–H groups in total. The van der Waals surface area contributed by atoms with Crippen LogP contribution in [0.4, 0.5) is 0 Å². The summed E-state index contributed by atoms with van der Waals surface area (Å²) in [6.45, 7) is 9.05. The Bertz CT molecular complexity index is 412. The van der Waals surface area contributed by atoms with Gasteiger partial charge in [0.15, 0.2) is 0 Å². The second-order valence-corrected chi connectivity index (χ2v) is 6.52. The molecule has 2 rings (SSSR count). The molecule has 0 radical (unpaired) electrons. The molecule has 0 heterocycles. The Labute approximate surface area is 112 Å². The molecule has 1 aromatic carbocycles. The lowest BCUT2D eigenvalue weighted by atomic mass is 9.80. The molecule has 0 bridgehead atoms. The molecule has 1 saturated carbocycles. The molecule has 1 fully saturated rings. The zero-order valence-electron chi connectivity index (χ0n) is 12.3. The molecule has 0 saturated heterocycles. The van der Waals surface area contributed by atoms with Crippen LogP contribution >= 0.6 is 0 Å². The fourth-order valence-corrected chi connectivity index (χ4v) is 3.14. The van der Waals surface area contributed by atoms with Gasteiger partial charge >= 0.3 is 0 Å². The summed E-state index contributed by atoms with van der Waals surface area (Å²) in [6, 6.07) is 6.97. The highest BCUT2D eigenvalue weighted by molar-refractivity contribution is 5.40. The van der Waals surface area contributed by atoms with E-state index in [-0.39, 0.29) is 5.54 Å². The van der Waals surface area contributed by atoms with Crippen molar-refractivity contribution in [2.45, 2.75) is 70.8 Å². The van der Waals surface area contributed by atoms with Gasteiger partial charge in [-0.15, -0.1) is 0 Å². The summed E-state index contributed by atoms with van der Waals surface area (Å²) in [5, 5.41) is 0. The summed E-state index contributed by atoms with van der Waals surface area (Å²) in [5.41, 5.74) is 10.9. The van der Waals surface area contributed by atoms with Gasteiger partial charge in [0.25, 0.3) is 0 Å². The molecule has 0 aliphatic heterocycles. The summed E-state index contributed by atoms with van der Waals surface area (Å²) in [7, 11) is 0. The molecule has 1 heteroatoms. The third kappa shape index (κ3) is 2.47. The van der Waals surface area contributed by atoms with E-state index in [9.17, 15) is 0 Å². The summed E-state index contributed by atoms with van der Waals surface area (Å²) in [4.78, 5) is 0. The second kappa shape index (κ2) is 5.05. The van der Waals surface area contributed by atoms with E-state index < -0.39 is 0 Å². The van der Waals surface area contributed by atoms with Crippen LogP contribution in [0.25, 0.3) is 0 Å². The molecule has 1 aliphatic rings. The molecule has 0 amide bonds. The van der Waals surface area contributed by atoms with Crippen molar-refractivity contribution in [3.05, 3.63) is 34.9 Å². The second-order valence-electron chi connectivity index (χ2n) is 6.52. The topological polar surface area (TPSA) is 26.0 Å². The smallest absolute Gasteiger partial charge is 0.0412 e. The van der Waals surface area contributed by atoms with Crippen molar-refractivity contribution in [2.75, 3.05) is 0 Å². The first-order chi connectivity index (χ1) is 8.44. The van der Waals surface area contributed by atoms with Gasteiger partial charge in [-0.05, 0) is 41.4 Å². The van der Waals surface area contributed by atoms with Gasteiger partial charge in [-0.25, -0.2) is 0 Å². The molecule has 0 atom stereocenters. The van der Waals surface area contributed by atoms with Gasteiger partial charge in [0.1, 0.15) is 0 Å². The standard InChI is InChI=1S/C17H27N/c1-12(2)14-7-8-15(13(3)4)16(11-14)17(18)9-5-6-10-17/h7-8,11-13H,5-6,9-10,18H2,1-4H3. The van der Waals surface area contributed by atoms with Crippen molar-refractivity contribution in [1.82, 2.24) is 0 Å². The van der Waals surface area contributed by atoms with E-state index in [0.717, 1.165) is 12.8 Å². The van der Waals surface area contributed by atoms with Crippen LogP contribution in [0.1, 0.15) is 81.9 Å². The normalized spacial score (nSPS) is 18.8. The van der Waals surface area contributed by atoms with Gasteiger partial charge in [0, 0.05) is 5.54 Å². The Hall–Kier alpha value is -0.820. The van der Waals surface area contributed by atoms with Crippen molar-refractivity contribution >= 4 is 0 Å². The van der Waals surface area contributed by atoms with Gasteiger partial charge in [-0.3, -0.25) is 0 Å². The average Bonchev–Trinajstić information content (AvgIpc) is 2.76. The van der Waals surface area contributed by atoms with Gasteiger partial charge in [0.05, 0.1) is 0 Å². The van der Waals surface area contributed by atoms with Crippen LogP contribution in [-0.4, -0.2) is 0 Å². The predicted octanol–water partition coefficient (Wildman–Crippen LogP) is 4.66. The van der Waals surface area contributed by atoms with E-state index in [4.69, 9.17) is 5.73 Å².